The minimum atomic E-state index is -0.374. The van der Waals surface area contributed by atoms with E-state index in [0.29, 0.717) is 27.3 Å². The third-order valence-electron chi connectivity index (χ3n) is 5.49. The predicted octanol–water partition coefficient (Wildman–Crippen LogP) is 5.25. The summed E-state index contributed by atoms with van der Waals surface area (Å²) in [6.07, 6.45) is 1.42. The zero-order valence-electron chi connectivity index (χ0n) is 18.8. The normalized spacial score (nSPS) is 11.4. The summed E-state index contributed by atoms with van der Waals surface area (Å²) in [5.41, 5.74) is 4.00. The second-order valence-electron chi connectivity index (χ2n) is 7.83. The largest absolute Gasteiger partial charge is 0.507 e. The van der Waals surface area contributed by atoms with Crippen LogP contribution in [0.3, 0.4) is 0 Å². The lowest BCUT2D eigenvalue weighted by Gasteiger charge is -2.13. The molecular weight excluding hydrogens is 540 g/mol. The molecule has 5 aromatic rings. The fraction of sp³-hybridized carbons (Fsp3) is 0.0370. The molecule has 2 N–H and O–H groups in total. The van der Waals surface area contributed by atoms with E-state index in [1.807, 2.05) is 60.7 Å². The van der Waals surface area contributed by atoms with Crippen LogP contribution in [0.5, 0.6) is 5.75 Å². The molecule has 1 heterocycles. The number of para-hydroxylation sites is 1. The average molecular weight is 559 g/mol. The van der Waals surface area contributed by atoms with E-state index in [4.69, 9.17) is 0 Å². The Hall–Kier alpha value is -3.95. The maximum Gasteiger partial charge on any atom is 0.266 e. The van der Waals surface area contributed by atoms with E-state index in [9.17, 15) is 14.7 Å². The van der Waals surface area contributed by atoms with Crippen molar-refractivity contribution in [3.63, 3.8) is 0 Å². The summed E-state index contributed by atoms with van der Waals surface area (Å²) in [6, 6.07) is 25.4. The fourth-order valence-electron chi connectivity index (χ4n) is 3.78. The summed E-state index contributed by atoms with van der Waals surface area (Å²) in [5.74, 6) is -0.319. The number of hydrogen-bond donors (Lipinski definition) is 2. The molecule has 4 aromatic carbocycles. The summed E-state index contributed by atoms with van der Waals surface area (Å²) < 4.78 is 2.39. The number of halogens is 1. The van der Waals surface area contributed by atoms with Gasteiger partial charge >= 0.3 is 0 Å². The number of thioether (sulfide) groups is 1. The lowest BCUT2D eigenvalue weighted by molar-refractivity contribution is -0.118. The molecule has 0 bridgehead atoms. The molecule has 36 heavy (non-hydrogen) atoms. The van der Waals surface area contributed by atoms with E-state index < -0.39 is 0 Å². The maximum atomic E-state index is 13.3. The molecule has 178 valence electrons. The Balaban J connectivity index is 1.38. The van der Waals surface area contributed by atoms with Crippen molar-refractivity contribution in [1.29, 1.82) is 0 Å². The van der Waals surface area contributed by atoms with Crippen molar-refractivity contribution in [2.45, 2.75) is 5.16 Å². The number of hydrazone groups is 1. The van der Waals surface area contributed by atoms with E-state index in [-0.39, 0.29) is 23.0 Å². The molecular formula is C27H19BrN4O3S. The van der Waals surface area contributed by atoms with Gasteiger partial charge in [0.2, 0.25) is 0 Å². The highest BCUT2D eigenvalue weighted by Gasteiger charge is 2.15. The average Bonchev–Trinajstić information content (AvgIpc) is 2.89. The Labute approximate surface area is 218 Å². The van der Waals surface area contributed by atoms with Gasteiger partial charge in [-0.3, -0.25) is 14.2 Å². The van der Waals surface area contributed by atoms with Crippen molar-refractivity contribution in [2.75, 3.05) is 5.75 Å². The number of benzene rings is 4. The minimum Gasteiger partial charge on any atom is -0.507 e. The Kier molecular flexibility index (Phi) is 6.84. The van der Waals surface area contributed by atoms with Crippen LogP contribution in [0.15, 0.2) is 104 Å². The summed E-state index contributed by atoms with van der Waals surface area (Å²) in [5, 5.41) is 16.9. The monoisotopic (exact) mass is 558 g/mol. The quantitative estimate of drug-likeness (QED) is 0.128. The first-order valence-electron chi connectivity index (χ1n) is 10.9. The van der Waals surface area contributed by atoms with Crippen molar-refractivity contribution in [3.05, 3.63) is 105 Å². The SMILES string of the molecule is O=C(CSc1nc2ccccc2c(=O)n1-c1ccc(Br)cc1)N/N=C/c1c(O)ccc2ccccc12. The number of hydrogen-bond acceptors (Lipinski definition) is 6. The van der Waals surface area contributed by atoms with E-state index >= 15 is 0 Å². The number of aromatic hydroxyl groups is 1. The molecule has 0 fully saturated rings. The van der Waals surface area contributed by atoms with Crippen LogP contribution < -0.4 is 11.0 Å². The van der Waals surface area contributed by atoms with Gasteiger partial charge in [0.15, 0.2) is 5.16 Å². The van der Waals surface area contributed by atoms with Gasteiger partial charge in [0.25, 0.3) is 11.5 Å². The molecule has 0 spiro atoms. The van der Waals surface area contributed by atoms with Crippen molar-refractivity contribution >= 4 is 61.5 Å². The predicted molar refractivity (Wildman–Crippen MR) is 147 cm³/mol. The number of aromatic nitrogens is 2. The minimum absolute atomic E-state index is 0.0137. The number of amides is 1. The molecule has 0 aliphatic rings. The zero-order chi connectivity index (χ0) is 25.1. The molecule has 0 radical (unpaired) electrons. The molecule has 1 aromatic heterocycles. The van der Waals surface area contributed by atoms with Gasteiger partial charge in [-0.15, -0.1) is 0 Å². The number of nitrogens with zero attached hydrogens (tertiary/aromatic N) is 3. The lowest BCUT2D eigenvalue weighted by atomic mass is 10.0. The van der Waals surface area contributed by atoms with Crippen molar-refractivity contribution < 1.29 is 9.90 Å². The van der Waals surface area contributed by atoms with Crippen LogP contribution >= 0.6 is 27.7 Å². The summed E-state index contributed by atoms with van der Waals surface area (Å²) >= 11 is 4.55. The molecule has 0 aliphatic carbocycles. The van der Waals surface area contributed by atoms with Gasteiger partial charge in [-0.25, -0.2) is 10.4 Å². The molecule has 0 unspecified atom stereocenters. The fourth-order valence-corrected chi connectivity index (χ4v) is 4.85. The highest BCUT2D eigenvalue weighted by atomic mass is 79.9. The Bertz CT molecular complexity index is 1680. The van der Waals surface area contributed by atoms with Crippen LogP contribution in [0.1, 0.15) is 5.56 Å². The van der Waals surface area contributed by atoms with Crippen LogP contribution in [-0.2, 0) is 4.79 Å². The van der Waals surface area contributed by atoms with Crippen molar-refractivity contribution in [2.24, 2.45) is 5.10 Å². The maximum absolute atomic E-state index is 13.3. The zero-order valence-corrected chi connectivity index (χ0v) is 21.2. The number of rotatable bonds is 6. The van der Waals surface area contributed by atoms with Crippen LogP contribution in [0.25, 0.3) is 27.4 Å². The number of carbonyl (C=O) groups is 1. The first-order chi connectivity index (χ1) is 17.5. The second kappa shape index (κ2) is 10.3. The summed E-state index contributed by atoms with van der Waals surface area (Å²) in [4.78, 5) is 30.5. The Morgan fingerprint density at radius 2 is 1.72 bits per heavy atom. The first-order valence-corrected chi connectivity index (χ1v) is 12.7. The van der Waals surface area contributed by atoms with Gasteiger partial charge in [-0.2, -0.15) is 5.10 Å². The van der Waals surface area contributed by atoms with Crippen LogP contribution in [0.4, 0.5) is 0 Å². The van der Waals surface area contributed by atoms with Gasteiger partial charge in [-0.05, 0) is 53.2 Å². The molecule has 5 rings (SSSR count). The lowest BCUT2D eigenvalue weighted by Crippen LogP contribution is -2.24. The molecule has 7 nitrogen and oxygen atoms in total. The molecule has 0 atom stereocenters. The van der Waals surface area contributed by atoms with Gasteiger partial charge < -0.3 is 5.11 Å². The first kappa shape index (κ1) is 23.8. The van der Waals surface area contributed by atoms with Crippen molar-refractivity contribution in [3.8, 4) is 11.4 Å². The molecule has 1 amide bonds. The molecule has 0 saturated heterocycles. The van der Waals surface area contributed by atoms with Crippen molar-refractivity contribution in [1.82, 2.24) is 15.0 Å². The van der Waals surface area contributed by atoms with Gasteiger partial charge in [0.1, 0.15) is 5.75 Å². The number of phenolic OH excluding ortho intramolecular Hbond substituents is 1. The topological polar surface area (TPSA) is 96.6 Å². The molecule has 0 aliphatic heterocycles. The highest BCUT2D eigenvalue weighted by Crippen LogP contribution is 2.25. The van der Waals surface area contributed by atoms with Gasteiger partial charge in [0.05, 0.1) is 28.6 Å². The van der Waals surface area contributed by atoms with Gasteiger partial charge in [-0.1, -0.05) is 70.2 Å². The van der Waals surface area contributed by atoms with Crippen LogP contribution in [0.2, 0.25) is 0 Å². The van der Waals surface area contributed by atoms with E-state index in [0.717, 1.165) is 27.0 Å². The summed E-state index contributed by atoms with van der Waals surface area (Å²) in [7, 11) is 0. The molecule has 0 saturated carbocycles. The number of nitrogens with one attached hydrogen (secondary N) is 1. The Morgan fingerprint density at radius 3 is 2.53 bits per heavy atom. The summed E-state index contributed by atoms with van der Waals surface area (Å²) in [6.45, 7) is 0. The smallest absolute Gasteiger partial charge is 0.266 e. The van der Waals surface area contributed by atoms with Crippen LogP contribution in [-0.4, -0.2) is 32.5 Å². The highest BCUT2D eigenvalue weighted by molar-refractivity contribution is 9.10. The van der Waals surface area contributed by atoms with E-state index in [1.165, 1.54) is 10.8 Å². The standard InChI is InChI=1S/C27H19BrN4O3S/c28-18-10-12-19(13-11-18)32-26(35)21-7-3-4-8-23(21)30-27(32)36-16-25(34)31-29-15-22-20-6-2-1-5-17(20)9-14-24(22)33/h1-15,33H,16H2,(H,31,34)/b29-15+. The van der Waals surface area contributed by atoms with E-state index in [2.05, 4.69) is 31.4 Å². The molecule has 9 heteroatoms. The number of carbonyl (C=O) groups excluding carboxylic acids is 1. The van der Waals surface area contributed by atoms with E-state index in [1.54, 1.807) is 24.3 Å². The van der Waals surface area contributed by atoms with Gasteiger partial charge in [0, 0.05) is 10.0 Å². The third kappa shape index (κ3) is 4.89. The number of fused-ring (bicyclic) bond motifs is 2. The second-order valence-corrected chi connectivity index (χ2v) is 9.69. The third-order valence-corrected chi connectivity index (χ3v) is 6.96. The van der Waals surface area contributed by atoms with Crippen LogP contribution in [0, 0.1) is 0 Å². The number of phenols is 1. The Morgan fingerprint density at radius 1 is 1.00 bits per heavy atom.